The summed E-state index contributed by atoms with van der Waals surface area (Å²) in [6.45, 7) is 0.495. The molecule has 0 saturated heterocycles. The van der Waals surface area contributed by atoms with Gasteiger partial charge in [0.2, 0.25) is 5.91 Å². The second-order valence-electron chi connectivity index (χ2n) is 5.14. The predicted molar refractivity (Wildman–Crippen MR) is 96.3 cm³/mol. The average Bonchev–Trinajstić information content (AvgIpc) is 3.25. The second-order valence-corrected chi connectivity index (χ2v) is 7.03. The number of thiazole rings is 1. The van der Waals surface area contributed by atoms with E-state index in [1.165, 1.54) is 35.6 Å². The van der Waals surface area contributed by atoms with Crippen molar-refractivity contribution in [2.45, 2.75) is 13.0 Å². The van der Waals surface area contributed by atoms with Crippen LogP contribution in [0, 0.1) is 5.82 Å². The monoisotopic (exact) mass is 375 g/mol. The fraction of sp³-hybridized carbons (Fsp3) is 0.118. The Morgan fingerprint density at radius 3 is 2.64 bits per heavy atom. The minimum atomic E-state index is -0.401. The molecule has 2 aromatic heterocycles. The Bertz CT molecular complexity index is 860. The van der Waals surface area contributed by atoms with E-state index in [4.69, 9.17) is 0 Å². The van der Waals surface area contributed by atoms with Crippen molar-refractivity contribution in [3.8, 4) is 0 Å². The van der Waals surface area contributed by atoms with Gasteiger partial charge in [-0.2, -0.15) is 0 Å². The van der Waals surface area contributed by atoms with Crippen molar-refractivity contribution < 1.29 is 14.0 Å². The topological polar surface area (TPSA) is 71.1 Å². The summed E-state index contributed by atoms with van der Waals surface area (Å²) in [7, 11) is 0. The minimum absolute atomic E-state index is 0.130. The number of hydrogen-bond acceptors (Lipinski definition) is 5. The number of thiophene rings is 1. The molecule has 3 aromatic rings. The molecule has 0 saturated carbocycles. The molecule has 0 aliphatic carbocycles. The number of nitrogens with zero attached hydrogens (tertiary/aromatic N) is 1. The number of hydrogen-bond donors (Lipinski definition) is 2. The highest BCUT2D eigenvalue weighted by Gasteiger charge is 2.11. The first-order chi connectivity index (χ1) is 12.1. The number of halogens is 1. The molecular formula is C17H14FN3O2S2. The van der Waals surface area contributed by atoms with Gasteiger partial charge in [0.1, 0.15) is 5.82 Å². The highest BCUT2D eigenvalue weighted by Crippen LogP contribution is 2.17. The highest BCUT2D eigenvalue weighted by molar-refractivity contribution is 7.14. The van der Waals surface area contributed by atoms with Crippen LogP contribution in [0.15, 0.2) is 47.2 Å². The zero-order valence-electron chi connectivity index (χ0n) is 13.0. The molecular weight excluding hydrogens is 361 g/mol. The maximum Gasteiger partial charge on any atom is 0.257 e. The van der Waals surface area contributed by atoms with Crippen molar-refractivity contribution in [2.75, 3.05) is 5.32 Å². The molecule has 0 aliphatic heterocycles. The first kappa shape index (κ1) is 17.2. The molecule has 0 radical (unpaired) electrons. The lowest BCUT2D eigenvalue weighted by atomic mass is 10.2. The van der Waals surface area contributed by atoms with Crippen LogP contribution < -0.4 is 10.6 Å². The normalized spacial score (nSPS) is 10.4. The van der Waals surface area contributed by atoms with Crippen LogP contribution in [0.5, 0.6) is 0 Å². The Hall–Kier alpha value is -2.58. The van der Waals surface area contributed by atoms with Crippen LogP contribution in [0.25, 0.3) is 0 Å². The number of carbonyl (C=O) groups excluding carboxylic acids is 2. The molecule has 0 fully saturated rings. The number of nitrogens with one attached hydrogen (secondary N) is 2. The molecule has 0 spiro atoms. The molecule has 0 bridgehead atoms. The quantitative estimate of drug-likeness (QED) is 0.693. The van der Waals surface area contributed by atoms with E-state index in [1.54, 1.807) is 16.7 Å². The second kappa shape index (κ2) is 8.00. The molecule has 1 aromatic carbocycles. The van der Waals surface area contributed by atoms with Gasteiger partial charge < -0.3 is 5.32 Å². The first-order valence-electron chi connectivity index (χ1n) is 7.40. The molecule has 2 heterocycles. The van der Waals surface area contributed by atoms with Gasteiger partial charge in [-0.05, 0) is 35.7 Å². The van der Waals surface area contributed by atoms with Crippen molar-refractivity contribution in [2.24, 2.45) is 0 Å². The standard InChI is InChI=1S/C17H14FN3O2S2/c18-12-5-3-11(4-6-12)16(23)21-17-20-13(10-25-17)8-15(22)19-9-14-2-1-7-24-14/h1-7,10H,8-9H2,(H,19,22)(H,20,21,23). The lowest BCUT2D eigenvalue weighted by molar-refractivity contribution is -0.120. The van der Waals surface area contributed by atoms with Gasteiger partial charge in [-0.1, -0.05) is 6.07 Å². The third-order valence-corrected chi connectivity index (χ3v) is 4.94. The third-order valence-electron chi connectivity index (χ3n) is 3.26. The van der Waals surface area contributed by atoms with E-state index in [-0.39, 0.29) is 18.2 Å². The maximum absolute atomic E-state index is 12.9. The fourth-order valence-electron chi connectivity index (χ4n) is 2.04. The van der Waals surface area contributed by atoms with Crippen LogP contribution in [-0.4, -0.2) is 16.8 Å². The Morgan fingerprint density at radius 1 is 1.12 bits per heavy atom. The van der Waals surface area contributed by atoms with E-state index in [1.807, 2.05) is 17.5 Å². The van der Waals surface area contributed by atoms with Gasteiger partial charge in [0.15, 0.2) is 5.13 Å². The lowest BCUT2D eigenvalue weighted by Gasteiger charge is -2.02. The van der Waals surface area contributed by atoms with Crippen LogP contribution in [0.4, 0.5) is 9.52 Å². The Labute approximate surface area is 151 Å². The maximum atomic E-state index is 12.9. The summed E-state index contributed by atoms with van der Waals surface area (Å²) < 4.78 is 12.9. The number of benzene rings is 1. The summed E-state index contributed by atoms with van der Waals surface area (Å²) in [4.78, 5) is 29.3. The molecule has 0 unspecified atom stereocenters. The van der Waals surface area contributed by atoms with E-state index < -0.39 is 5.82 Å². The fourth-order valence-corrected chi connectivity index (χ4v) is 3.39. The Kier molecular flexibility index (Phi) is 5.52. The molecule has 25 heavy (non-hydrogen) atoms. The summed E-state index contributed by atoms with van der Waals surface area (Å²) in [5.74, 6) is -0.903. The van der Waals surface area contributed by atoms with Crippen molar-refractivity contribution >= 4 is 39.6 Å². The third kappa shape index (κ3) is 4.94. The molecule has 0 aliphatic rings. The SMILES string of the molecule is O=C(Cc1csc(NC(=O)c2ccc(F)cc2)n1)NCc1cccs1. The molecule has 5 nitrogen and oxygen atoms in total. The molecule has 3 rings (SSSR count). The minimum Gasteiger partial charge on any atom is -0.351 e. The summed E-state index contributed by atoms with van der Waals surface area (Å²) >= 11 is 2.82. The number of rotatable bonds is 6. The van der Waals surface area contributed by atoms with E-state index >= 15 is 0 Å². The largest absolute Gasteiger partial charge is 0.351 e. The van der Waals surface area contributed by atoms with Gasteiger partial charge in [-0.3, -0.25) is 14.9 Å². The predicted octanol–water partition coefficient (Wildman–Crippen LogP) is 3.45. The van der Waals surface area contributed by atoms with Gasteiger partial charge in [-0.25, -0.2) is 9.37 Å². The first-order valence-corrected chi connectivity index (χ1v) is 9.16. The van der Waals surface area contributed by atoms with Crippen LogP contribution in [0.3, 0.4) is 0 Å². The number of carbonyl (C=O) groups is 2. The lowest BCUT2D eigenvalue weighted by Crippen LogP contribution is -2.24. The average molecular weight is 375 g/mol. The zero-order chi connectivity index (χ0) is 17.6. The van der Waals surface area contributed by atoms with Crippen LogP contribution in [-0.2, 0) is 17.8 Å². The summed E-state index contributed by atoms with van der Waals surface area (Å²) in [6, 6.07) is 9.13. The van der Waals surface area contributed by atoms with Crippen molar-refractivity contribution in [3.63, 3.8) is 0 Å². The highest BCUT2D eigenvalue weighted by atomic mass is 32.1. The Morgan fingerprint density at radius 2 is 1.92 bits per heavy atom. The van der Waals surface area contributed by atoms with Gasteiger partial charge in [0.25, 0.3) is 5.91 Å². The van der Waals surface area contributed by atoms with Gasteiger partial charge >= 0.3 is 0 Å². The van der Waals surface area contributed by atoms with Crippen molar-refractivity contribution in [3.05, 3.63) is 69.1 Å². The molecule has 128 valence electrons. The smallest absolute Gasteiger partial charge is 0.257 e. The van der Waals surface area contributed by atoms with Gasteiger partial charge in [-0.15, -0.1) is 22.7 Å². The van der Waals surface area contributed by atoms with Crippen LogP contribution in [0.2, 0.25) is 0 Å². The molecule has 8 heteroatoms. The summed E-state index contributed by atoms with van der Waals surface area (Å²) in [5, 5.41) is 9.55. The van der Waals surface area contributed by atoms with E-state index in [0.717, 1.165) is 4.88 Å². The molecule has 2 N–H and O–H groups in total. The van der Waals surface area contributed by atoms with Crippen molar-refractivity contribution in [1.29, 1.82) is 0 Å². The van der Waals surface area contributed by atoms with Crippen LogP contribution in [0.1, 0.15) is 20.9 Å². The van der Waals surface area contributed by atoms with E-state index in [9.17, 15) is 14.0 Å². The summed E-state index contributed by atoms with van der Waals surface area (Å²) in [6.07, 6.45) is 0.147. The van der Waals surface area contributed by atoms with E-state index in [0.29, 0.717) is 22.9 Å². The Balaban J connectivity index is 1.52. The van der Waals surface area contributed by atoms with Gasteiger partial charge in [0.05, 0.1) is 18.7 Å². The summed E-state index contributed by atoms with van der Waals surface area (Å²) in [5.41, 5.74) is 0.926. The zero-order valence-corrected chi connectivity index (χ0v) is 14.6. The van der Waals surface area contributed by atoms with Crippen molar-refractivity contribution in [1.82, 2.24) is 10.3 Å². The number of amides is 2. The molecule has 0 atom stereocenters. The van der Waals surface area contributed by atoms with Gasteiger partial charge in [0, 0.05) is 15.8 Å². The number of anilines is 1. The molecule has 2 amide bonds. The number of aromatic nitrogens is 1. The van der Waals surface area contributed by atoms with Crippen LogP contribution >= 0.6 is 22.7 Å². The van der Waals surface area contributed by atoms with E-state index in [2.05, 4.69) is 15.6 Å².